The maximum atomic E-state index is 4.94. The van der Waals surface area contributed by atoms with Gasteiger partial charge in [0.2, 0.25) is 0 Å². The third kappa shape index (κ3) is 4.61. The Bertz CT molecular complexity index is 882. The van der Waals surface area contributed by atoms with E-state index in [4.69, 9.17) is 4.98 Å². The summed E-state index contributed by atoms with van der Waals surface area (Å²) in [5, 5.41) is 6.59. The lowest BCUT2D eigenvalue weighted by Gasteiger charge is -2.22. The van der Waals surface area contributed by atoms with E-state index in [0.717, 1.165) is 22.9 Å². The molecule has 4 heteroatoms. The largest absolute Gasteiger partial charge is 0.357 e. The Morgan fingerprint density at radius 3 is 2.18 bits per heavy atom. The Morgan fingerprint density at radius 1 is 0.964 bits per heavy atom. The molecule has 3 aromatic rings. The highest BCUT2D eigenvalue weighted by molar-refractivity contribution is 7.14. The smallest absolute Gasteiger partial charge is 0.183 e. The second kappa shape index (κ2) is 8.87. The Labute approximate surface area is 173 Å². The molecule has 0 radical (unpaired) electrons. The molecule has 0 bridgehead atoms. The van der Waals surface area contributed by atoms with Crippen molar-refractivity contribution in [1.82, 2.24) is 9.97 Å². The number of benzene rings is 1. The van der Waals surface area contributed by atoms with Crippen LogP contribution in [0.25, 0.3) is 11.3 Å². The van der Waals surface area contributed by atoms with Gasteiger partial charge in [0.15, 0.2) is 5.13 Å². The number of nitrogens with one attached hydrogen (secondary N) is 1. The van der Waals surface area contributed by atoms with E-state index in [1.807, 2.05) is 12.3 Å². The number of anilines is 1. The van der Waals surface area contributed by atoms with Crippen LogP contribution in [0, 0.1) is 0 Å². The maximum Gasteiger partial charge on any atom is 0.183 e. The summed E-state index contributed by atoms with van der Waals surface area (Å²) in [7, 11) is 0. The van der Waals surface area contributed by atoms with Gasteiger partial charge >= 0.3 is 0 Å². The highest BCUT2D eigenvalue weighted by Crippen LogP contribution is 2.39. The first kappa shape index (κ1) is 20.5. The van der Waals surface area contributed by atoms with Crippen LogP contribution in [0.2, 0.25) is 0 Å². The molecule has 2 heterocycles. The first-order chi connectivity index (χ1) is 13.4. The summed E-state index contributed by atoms with van der Waals surface area (Å²) in [6.45, 7) is 14.4. The van der Waals surface area contributed by atoms with Crippen molar-refractivity contribution < 1.29 is 0 Å². The van der Waals surface area contributed by atoms with Crippen LogP contribution in [0.4, 0.5) is 5.13 Å². The van der Waals surface area contributed by atoms with Crippen molar-refractivity contribution in [3.63, 3.8) is 0 Å². The number of nitrogens with zero attached hydrogens (tertiary/aromatic N) is 2. The summed E-state index contributed by atoms with van der Waals surface area (Å²) < 4.78 is 0. The average molecular weight is 394 g/mol. The predicted molar refractivity (Wildman–Crippen MR) is 121 cm³/mol. The highest BCUT2D eigenvalue weighted by atomic mass is 32.1. The first-order valence-electron chi connectivity index (χ1n) is 10.1. The van der Waals surface area contributed by atoms with Crippen molar-refractivity contribution in [2.75, 3.05) is 5.32 Å². The molecule has 3 rings (SSSR count). The Balaban J connectivity index is 1.97. The molecule has 0 saturated heterocycles. The first-order valence-corrected chi connectivity index (χ1v) is 11.0. The molecule has 3 nitrogen and oxygen atoms in total. The molecule has 1 N–H and O–H groups in total. The molecule has 0 unspecified atom stereocenters. The molecule has 0 aliphatic carbocycles. The minimum atomic E-state index is 0.458. The van der Waals surface area contributed by atoms with E-state index in [-0.39, 0.29) is 0 Å². The number of pyridine rings is 1. The van der Waals surface area contributed by atoms with Crippen LogP contribution in [0.5, 0.6) is 0 Å². The topological polar surface area (TPSA) is 37.8 Å². The molecule has 148 valence electrons. The molecule has 1 aromatic carbocycles. The fourth-order valence-electron chi connectivity index (χ4n) is 3.40. The molecule has 2 aromatic heterocycles. The van der Waals surface area contributed by atoms with Crippen LogP contribution in [0.1, 0.15) is 81.5 Å². The minimum absolute atomic E-state index is 0.458. The number of rotatable bonds is 7. The quantitative estimate of drug-likeness (QED) is 0.461. The second-order valence-corrected chi connectivity index (χ2v) is 9.15. The number of hydrogen-bond donors (Lipinski definition) is 1. The molecular formula is C24H31N3S. The van der Waals surface area contributed by atoms with Crippen LogP contribution in [0.3, 0.4) is 0 Å². The lowest BCUT2D eigenvalue weighted by Crippen LogP contribution is -2.04. The van der Waals surface area contributed by atoms with Crippen molar-refractivity contribution in [3.05, 3.63) is 64.3 Å². The van der Waals surface area contributed by atoms with E-state index < -0.39 is 0 Å². The number of thiazole rings is 1. The maximum absolute atomic E-state index is 4.94. The van der Waals surface area contributed by atoms with E-state index in [9.17, 15) is 0 Å². The molecule has 0 fully saturated rings. The van der Waals surface area contributed by atoms with Crippen LogP contribution in [-0.2, 0) is 6.54 Å². The van der Waals surface area contributed by atoms with Crippen LogP contribution >= 0.6 is 11.3 Å². The Morgan fingerprint density at radius 2 is 1.64 bits per heavy atom. The predicted octanol–water partition coefficient (Wildman–Crippen LogP) is 7.19. The van der Waals surface area contributed by atoms with Crippen molar-refractivity contribution in [3.8, 4) is 11.3 Å². The molecule has 0 atom stereocenters. The van der Waals surface area contributed by atoms with Crippen molar-refractivity contribution in [2.45, 2.75) is 65.8 Å². The SMILES string of the molecule is CC(C)c1cc(C(C)C)c(-c2csc(NCc3cccnc3)n2)c(C(C)C)c1. The third-order valence-electron chi connectivity index (χ3n) is 5.06. The minimum Gasteiger partial charge on any atom is -0.357 e. The standard InChI is InChI=1S/C24H31N3S/c1-15(2)19-10-20(16(3)4)23(21(11-19)17(5)6)22-14-28-24(27-22)26-13-18-8-7-9-25-12-18/h7-12,14-17H,13H2,1-6H3,(H,26,27). The summed E-state index contributed by atoms with van der Waals surface area (Å²) in [5.74, 6) is 1.44. The zero-order chi connectivity index (χ0) is 20.3. The van der Waals surface area contributed by atoms with Gasteiger partial charge in [-0.15, -0.1) is 11.3 Å². The van der Waals surface area contributed by atoms with E-state index >= 15 is 0 Å². The third-order valence-corrected chi connectivity index (χ3v) is 5.86. The van der Waals surface area contributed by atoms with Gasteiger partial charge in [0.05, 0.1) is 5.69 Å². The van der Waals surface area contributed by atoms with Gasteiger partial charge in [-0.25, -0.2) is 4.98 Å². The normalized spacial score (nSPS) is 11.6. The van der Waals surface area contributed by atoms with Crippen molar-refractivity contribution in [2.24, 2.45) is 0 Å². The number of hydrogen-bond acceptors (Lipinski definition) is 4. The Kier molecular flexibility index (Phi) is 6.50. The molecular weight excluding hydrogens is 362 g/mol. The lowest BCUT2D eigenvalue weighted by molar-refractivity contribution is 0.806. The number of aromatic nitrogens is 2. The summed E-state index contributed by atoms with van der Waals surface area (Å²) in [6, 6.07) is 8.81. The van der Waals surface area contributed by atoms with E-state index in [0.29, 0.717) is 17.8 Å². The van der Waals surface area contributed by atoms with Gasteiger partial charge in [-0.3, -0.25) is 4.98 Å². The fraction of sp³-hybridized carbons (Fsp3) is 0.417. The van der Waals surface area contributed by atoms with Crippen LogP contribution < -0.4 is 5.32 Å². The van der Waals surface area contributed by atoms with E-state index in [2.05, 4.69) is 75.4 Å². The summed E-state index contributed by atoms with van der Waals surface area (Å²) in [6.07, 6.45) is 3.69. The van der Waals surface area contributed by atoms with Gasteiger partial charge in [-0.05, 0) is 46.1 Å². The Hall–Kier alpha value is -2.20. The van der Waals surface area contributed by atoms with Crippen LogP contribution in [0.15, 0.2) is 42.0 Å². The van der Waals surface area contributed by atoms with E-state index in [1.54, 1.807) is 17.5 Å². The van der Waals surface area contributed by atoms with Gasteiger partial charge in [0.25, 0.3) is 0 Å². The van der Waals surface area contributed by atoms with Crippen molar-refractivity contribution in [1.29, 1.82) is 0 Å². The summed E-state index contributed by atoms with van der Waals surface area (Å²) >= 11 is 1.67. The fourth-order valence-corrected chi connectivity index (χ4v) is 4.10. The lowest BCUT2D eigenvalue weighted by atomic mass is 9.83. The summed E-state index contributed by atoms with van der Waals surface area (Å²) in [5.41, 5.74) is 7.78. The monoisotopic (exact) mass is 393 g/mol. The summed E-state index contributed by atoms with van der Waals surface area (Å²) in [4.78, 5) is 9.12. The average Bonchev–Trinajstić information content (AvgIpc) is 3.14. The zero-order valence-corrected chi connectivity index (χ0v) is 18.6. The molecule has 0 aliphatic rings. The molecule has 0 amide bonds. The van der Waals surface area contributed by atoms with Gasteiger partial charge in [-0.1, -0.05) is 59.7 Å². The van der Waals surface area contributed by atoms with Gasteiger partial charge < -0.3 is 5.32 Å². The van der Waals surface area contributed by atoms with E-state index in [1.165, 1.54) is 22.3 Å². The van der Waals surface area contributed by atoms with Gasteiger partial charge in [0, 0.05) is 29.9 Å². The molecule has 0 saturated carbocycles. The zero-order valence-electron chi connectivity index (χ0n) is 17.8. The van der Waals surface area contributed by atoms with Crippen molar-refractivity contribution >= 4 is 16.5 Å². The molecule has 28 heavy (non-hydrogen) atoms. The molecule has 0 aliphatic heterocycles. The van der Waals surface area contributed by atoms with Gasteiger partial charge in [-0.2, -0.15) is 0 Å². The van der Waals surface area contributed by atoms with Crippen LogP contribution in [-0.4, -0.2) is 9.97 Å². The van der Waals surface area contributed by atoms with Gasteiger partial charge in [0.1, 0.15) is 0 Å². The highest BCUT2D eigenvalue weighted by Gasteiger charge is 2.20. The second-order valence-electron chi connectivity index (χ2n) is 8.29. The molecule has 0 spiro atoms.